The maximum absolute atomic E-state index is 12.2. The maximum atomic E-state index is 12.2. The van der Waals surface area contributed by atoms with E-state index in [9.17, 15) is 9.59 Å². The number of nitrogens with zero attached hydrogens (tertiary/aromatic N) is 2. The predicted octanol–water partition coefficient (Wildman–Crippen LogP) is 2.84. The number of halogens is 1. The molecule has 7 nitrogen and oxygen atoms in total. The number of rotatable bonds is 6. The molecule has 2 heterocycles. The van der Waals surface area contributed by atoms with E-state index < -0.39 is 0 Å². The zero-order chi connectivity index (χ0) is 18.5. The van der Waals surface area contributed by atoms with Gasteiger partial charge in [-0.3, -0.25) is 9.59 Å². The number of hydrogen-bond donors (Lipinski definition) is 2. The Balaban J connectivity index is 1.44. The number of amides is 2. The molecule has 2 aromatic heterocycles. The van der Waals surface area contributed by atoms with Gasteiger partial charge in [-0.15, -0.1) is 0 Å². The number of carbonyl (C=O) groups is 2. The molecule has 0 atom stereocenters. The minimum Gasteiger partial charge on any atom is -0.352 e. The smallest absolute Gasteiger partial charge is 0.257 e. The molecule has 3 aromatic rings. The molecule has 0 radical (unpaired) electrons. The Hall–Kier alpha value is -2.74. The van der Waals surface area contributed by atoms with Gasteiger partial charge in [0, 0.05) is 29.3 Å². The summed E-state index contributed by atoms with van der Waals surface area (Å²) in [4.78, 5) is 28.2. The Morgan fingerprint density at radius 1 is 1.08 bits per heavy atom. The summed E-state index contributed by atoms with van der Waals surface area (Å²) in [7, 11) is 0. The molecule has 0 aliphatic carbocycles. The van der Waals surface area contributed by atoms with E-state index in [4.69, 9.17) is 4.52 Å². The van der Waals surface area contributed by atoms with Crippen LogP contribution in [0, 0.1) is 6.92 Å². The fourth-order valence-corrected chi connectivity index (χ4v) is 2.63. The molecule has 0 saturated heterocycles. The fraction of sp³-hybridized carbons (Fsp3) is 0.222. The van der Waals surface area contributed by atoms with Crippen LogP contribution < -0.4 is 10.6 Å². The predicted molar refractivity (Wildman–Crippen MR) is 100.0 cm³/mol. The average molecular weight is 417 g/mol. The van der Waals surface area contributed by atoms with E-state index in [1.54, 1.807) is 25.1 Å². The van der Waals surface area contributed by atoms with Gasteiger partial charge in [-0.05, 0) is 43.7 Å². The molecule has 26 heavy (non-hydrogen) atoms. The number of benzene rings is 1. The van der Waals surface area contributed by atoms with Crippen LogP contribution in [0.5, 0.6) is 0 Å². The number of aromatic nitrogens is 2. The van der Waals surface area contributed by atoms with Crippen LogP contribution in [-0.2, 0) is 0 Å². The third-order valence-corrected chi connectivity index (χ3v) is 4.33. The molecule has 2 amide bonds. The van der Waals surface area contributed by atoms with Gasteiger partial charge < -0.3 is 15.2 Å². The quantitative estimate of drug-likeness (QED) is 0.602. The lowest BCUT2D eigenvalue weighted by Gasteiger charge is -2.07. The van der Waals surface area contributed by atoms with Gasteiger partial charge in [0.15, 0.2) is 0 Å². The Kier molecular flexibility index (Phi) is 5.62. The van der Waals surface area contributed by atoms with Crippen molar-refractivity contribution in [1.29, 1.82) is 0 Å². The van der Waals surface area contributed by atoms with Crippen LogP contribution in [-0.4, -0.2) is 35.0 Å². The number of pyridine rings is 1. The van der Waals surface area contributed by atoms with Crippen molar-refractivity contribution in [3.05, 3.63) is 57.8 Å². The SMILES string of the molecule is Cc1noc2ncc(C(=O)NCCCNC(=O)c3ccc(Br)cc3)cc12. The van der Waals surface area contributed by atoms with Crippen LogP contribution in [0.2, 0.25) is 0 Å². The van der Waals surface area contributed by atoms with Crippen LogP contribution in [0.3, 0.4) is 0 Å². The monoisotopic (exact) mass is 416 g/mol. The summed E-state index contributed by atoms with van der Waals surface area (Å²) in [5, 5.41) is 10.2. The van der Waals surface area contributed by atoms with Crippen molar-refractivity contribution in [2.24, 2.45) is 0 Å². The van der Waals surface area contributed by atoms with E-state index in [1.807, 2.05) is 12.1 Å². The third kappa shape index (κ3) is 4.26. The number of fused-ring (bicyclic) bond motifs is 1. The van der Waals surface area contributed by atoms with Gasteiger partial charge in [-0.2, -0.15) is 0 Å². The first-order valence-electron chi connectivity index (χ1n) is 8.08. The molecule has 0 aliphatic heterocycles. The van der Waals surface area contributed by atoms with Crippen molar-refractivity contribution in [2.45, 2.75) is 13.3 Å². The van der Waals surface area contributed by atoms with Gasteiger partial charge in [0.1, 0.15) is 0 Å². The average Bonchev–Trinajstić information content (AvgIpc) is 3.02. The zero-order valence-electron chi connectivity index (χ0n) is 14.1. The van der Waals surface area contributed by atoms with Crippen LogP contribution in [0.25, 0.3) is 11.1 Å². The van der Waals surface area contributed by atoms with Gasteiger partial charge >= 0.3 is 0 Å². The highest BCUT2D eigenvalue weighted by atomic mass is 79.9. The summed E-state index contributed by atoms with van der Waals surface area (Å²) in [6, 6.07) is 8.83. The second-order valence-electron chi connectivity index (χ2n) is 5.72. The van der Waals surface area contributed by atoms with Crippen LogP contribution in [0.1, 0.15) is 32.8 Å². The van der Waals surface area contributed by atoms with Crippen LogP contribution >= 0.6 is 15.9 Å². The summed E-state index contributed by atoms with van der Waals surface area (Å²) in [5.41, 5.74) is 2.15. The van der Waals surface area contributed by atoms with Gasteiger partial charge in [-0.1, -0.05) is 21.1 Å². The molecule has 1 aromatic carbocycles. The molecule has 0 spiro atoms. The van der Waals surface area contributed by atoms with Crippen LogP contribution in [0.15, 0.2) is 45.5 Å². The number of nitrogens with one attached hydrogen (secondary N) is 2. The molecule has 0 aliphatic rings. The first kappa shape index (κ1) is 18.1. The summed E-state index contributed by atoms with van der Waals surface area (Å²) in [6.45, 7) is 2.71. The fourth-order valence-electron chi connectivity index (χ4n) is 2.37. The Morgan fingerprint density at radius 2 is 1.73 bits per heavy atom. The molecule has 8 heteroatoms. The van der Waals surface area contributed by atoms with Crippen molar-refractivity contribution >= 4 is 38.8 Å². The highest BCUT2D eigenvalue weighted by Crippen LogP contribution is 2.16. The van der Waals surface area contributed by atoms with Gasteiger partial charge in [0.25, 0.3) is 17.5 Å². The maximum Gasteiger partial charge on any atom is 0.257 e. The van der Waals surface area contributed by atoms with Crippen molar-refractivity contribution in [2.75, 3.05) is 13.1 Å². The van der Waals surface area contributed by atoms with Crippen LogP contribution in [0.4, 0.5) is 0 Å². The summed E-state index contributed by atoms with van der Waals surface area (Å²) < 4.78 is 5.95. The standard InChI is InChI=1S/C18H17BrN4O3/c1-11-15-9-13(10-22-18(15)26-23-11)17(25)21-8-2-7-20-16(24)12-3-5-14(19)6-4-12/h3-6,9-10H,2,7-8H2,1H3,(H,20,24)(H,21,25). The topological polar surface area (TPSA) is 97.1 Å². The highest BCUT2D eigenvalue weighted by Gasteiger charge is 2.11. The van der Waals surface area contributed by atoms with Gasteiger partial charge in [0.05, 0.1) is 16.6 Å². The Morgan fingerprint density at radius 3 is 2.42 bits per heavy atom. The summed E-state index contributed by atoms with van der Waals surface area (Å²) in [5.74, 6) is -0.361. The van der Waals surface area contributed by atoms with E-state index in [-0.39, 0.29) is 11.8 Å². The molecule has 2 N–H and O–H groups in total. The highest BCUT2D eigenvalue weighted by molar-refractivity contribution is 9.10. The van der Waals surface area contributed by atoms with Crippen molar-refractivity contribution in [1.82, 2.24) is 20.8 Å². The third-order valence-electron chi connectivity index (χ3n) is 3.80. The molecule has 134 valence electrons. The minimum absolute atomic E-state index is 0.138. The molecule has 0 fully saturated rings. The molecule has 0 unspecified atom stereocenters. The van der Waals surface area contributed by atoms with E-state index in [0.717, 1.165) is 9.86 Å². The molecule has 0 bridgehead atoms. The van der Waals surface area contributed by atoms with Crippen molar-refractivity contribution in [3.63, 3.8) is 0 Å². The minimum atomic E-state index is -0.223. The lowest BCUT2D eigenvalue weighted by Crippen LogP contribution is -2.29. The second-order valence-corrected chi connectivity index (χ2v) is 6.63. The summed E-state index contributed by atoms with van der Waals surface area (Å²) in [6.07, 6.45) is 2.08. The number of aryl methyl sites for hydroxylation is 1. The van der Waals surface area contributed by atoms with E-state index >= 15 is 0 Å². The zero-order valence-corrected chi connectivity index (χ0v) is 15.7. The number of hydrogen-bond acceptors (Lipinski definition) is 5. The molecule has 3 rings (SSSR count). The largest absolute Gasteiger partial charge is 0.352 e. The second kappa shape index (κ2) is 8.09. The van der Waals surface area contributed by atoms with E-state index in [2.05, 4.69) is 36.7 Å². The van der Waals surface area contributed by atoms with E-state index in [0.29, 0.717) is 42.0 Å². The first-order valence-corrected chi connectivity index (χ1v) is 8.88. The van der Waals surface area contributed by atoms with Crippen molar-refractivity contribution in [3.8, 4) is 0 Å². The normalized spacial score (nSPS) is 10.7. The Labute approximate surface area is 158 Å². The number of carbonyl (C=O) groups excluding carboxylic acids is 2. The van der Waals surface area contributed by atoms with Gasteiger partial charge in [-0.25, -0.2) is 4.98 Å². The lowest BCUT2D eigenvalue weighted by atomic mass is 10.2. The lowest BCUT2D eigenvalue weighted by molar-refractivity contribution is 0.0951. The molecule has 0 saturated carbocycles. The first-order chi connectivity index (χ1) is 12.5. The molecular weight excluding hydrogens is 400 g/mol. The Bertz CT molecular complexity index is 937. The van der Waals surface area contributed by atoms with E-state index in [1.165, 1.54) is 6.20 Å². The van der Waals surface area contributed by atoms with Gasteiger partial charge in [0.2, 0.25) is 0 Å². The van der Waals surface area contributed by atoms with Crippen molar-refractivity contribution < 1.29 is 14.1 Å². The molecular formula is C18H17BrN4O3. The summed E-state index contributed by atoms with van der Waals surface area (Å²) >= 11 is 3.33.